The summed E-state index contributed by atoms with van der Waals surface area (Å²) in [5.41, 5.74) is 9.64. The predicted molar refractivity (Wildman–Crippen MR) is 53.0 cm³/mol. The Morgan fingerprint density at radius 2 is 2.40 bits per heavy atom. The lowest BCUT2D eigenvalue weighted by molar-refractivity contribution is -0.136. The van der Waals surface area contributed by atoms with Gasteiger partial charge < -0.3 is 5.11 Å². The fourth-order valence-corrected chi connectivity index (χ4v) is 1.04. The van der Waals surface area contributed by atoms with Crippen LogP contribution in [0.3, 0.4) is 0 Å². The van der Waals surface area contributed by atoms with Crippen LogP contribution in [0.1, 0.15) is 17.7 Å². The highest BCUT2D eigenvalue weighted by Crippen LogP contribution is 2.04. The van der Waals surface area contributed by atoms with Crippen molar-refractivity contribution in [2.45, 2.75) is 19.4 Å². The first kappa shape index (κ1) is 11.0. The predicted octanol–water partition coefficient (Wildman–Crippen LogP) is 1.91. The fourth-order valence-electron chi connectivity index (χ4n) is 1.04. The minimum atomic E-state index is -0.838. The molecule has 0 fully saturated rings. The number of pyridine rings is 1. The van der Waals surface area contributed by atoms with Crippen molar-refractivity contribution in [3.05, 3.63) is 40.0 Å². The molecule has 0 saturated heterocycles. The molecule has 6 heteroatoms. The van der Waals surface area contributed by atoms with Gasteiger partial charge in [0.05, 0.1) is 13.0 Å². The van der Waals surface area contributed by atoms with Crippen molar-refractivity contribution in [3.63, 3.8) is 0 Å². The van der Waals surface area contributed by atoms with Gasteiger partial charge in [-0.1, -0.05) is 11.2 Å². The Hall–Kier alpha value is -2.07. The molecular weight excluding hydrogens is 196 g/mol. The van der Waals surface area contributed by atoms with Gasteiger partial charge in [-0.3, -0.25) is 9.78 Å². The van der Waals surface area contributed by atoms with Gasteiger partial charge in [-0.05, 0) is 17.2 Å². The minimum absolute atomic E-state index is 0.0721. The molecule has 1 rings (SSSR count). The van der Waals surface area contributed by atoms with Crippen LogP contribution in [0.5, 0.6) is 0 Å². The van der Waals surface area contributed by atoms with E-state index in [0.717, 1.165) is 11.3 Å². The highest BCUT2D eigenvalue weighted by molar-refractivity contribution is 5.66. The van der Waals surface area contributed by atoms with Crippen molar-refractivity contribution in [2.24, 2.45) is 5.11 Å². The number of carboxylic acid groups (broad SMARTS) is 1. The summed E-state index contributed by atoms with van der Waals surface area (Å²) in [5, 5.41) is 11.9. The molecule has 1 N–H and O–H groups in total. The van der Waals surface area contributed by atoms with Gasteiger partial charge in [0.15, 0.2) is 0 Å². The van der Waals surface area contributed by atoms with Crippen LogP contribution in [-0.4, -0.2) is 16.1 Å². The number of carbonyl (C=O) groups is 1. The molecule has 0 amide bonds. The molecule has 1 aromatic rings. The van der Waals surface area contributed by atoms with Crippen molar-refractivity contribution < 1.29 is 9.90 Å². The van der Waals surface area contributed by atoms with Crippen LogP contribution < -0.4 is 0 Å². The van der Waals surface area contributed by atoms with Gasteiger partial charge >= 0.3 is 5.97 Å². The maximum atomic E-state index is 10.3. The molecule has 0 aliphatic rings. The lowest BCUT2D eigenvalue weighted by Gasteiger charge is -1.99. The highest BCUT2D eigenvalue weighted by Gasteiger charge is 2.00. The number of hydrogen-bond acceptors (Lipinski definition) is 3. The maximum absolute atomic E-state index is 10.3. The molecule has 1 heterocycles. The van der Waals surface area contributed by atoms with Gasteiger partial charge in [0.1, 0.15) is 0 Å². The number of aliphatic carboxylic acids is 1. The quantitative estimate of drug-likeness (QED) is 0.452. The Labute approximate surface area is 86.2 Å². The lowest BCUT2D eigenvalue weighted by atomic mass is 10.2. The van der Waals surface area contributed by atoms with Gasteiger partial charge in [0.2, 0.25) is 0 Å². The van der Waals surface area contributed by atoms with Gasteiger partial charge in [-0.15, -0.1) is 0 Å². The van der Waals surface area contributed by atoms with E-state index in [1.165, 1.54) is 0 Å². The Morgan fingerprint density at radius 1 is 1.60 bits per heavy atom. The number of carboxylic acids is 1. The summed E-state index contributed by atoms with van der Waals surface area (Å²) < 4.78 is 0. The number of azide groups is 1. The van der Waals surface area contributed by atoms with E-state index in [-0.39, 0.29) is 13.0 Å². The van der Waals surface area contributed by atoms with Crippen LogP contribution in [0.25, 0.3) is 10.4 Å². The summed E-state index contributed by atoms with van der Waals surface area (Å²) in [6.45, 7) is 0.267. The molecule has 0 spiro atoms. The monoisotopic (exact) mass is 206 g/mol. The largest absolute Gasteiger partial charge is 0.481 e. The smallest absolute Gasteiger partial charge is 0.303 e. The van der Waals surface area contributed by atoms with Crippen LogP contribution in [0.15, 0.2) is 23.4 Å². The van der Waals surface area contributed by atoms with Crippen molar-refractivity contribution >= 4 is 5.97 Å². The van der Waals surface area contributed by atoms with Gasteiger partial charge in [0, 0.05) is 23.2 Å². The van der Waals surface area contributed by atoms with Crippen LogP contribution in [0.2, 0.25) is 0 Å². The first-order valence-corrected chi connectivity index (χ1v) is 4.39. The Kier molecular flexibility index (Phi) is 4.12. The molecule has 0 aliphatic heterocycles. The number of hydrogen-bond donors (Lipinski definition) is 1. The Morgan fingerprint density at radius 3 is 2.93 bits per heavy atom. The van der Waals surface area contributed by atoms with Gasteiger partial charge in [-0.2, -0.15) is 0 Å². The third-order valence-corrected chi connectivity index (χ3v) is 1.80. The standard InChI is InChI=1S/C9H10N4O2/c10-13-12-6-7-1-2-8(11-5-7)3-4-9(14)15/h1-2,5H,3-4,6H2,(H,14,15). The zero-order chi connectivity index (χ0) is 11.1. The highest BCUT2D eigenvalue weighted by atomic mass is 16.4. The average Bonchev–Trinajstić information content (AvgIpc) is 2.25. The first-order chi connectivity index (χ1) is 7.22. The zero-order valence-corrected chi connectivity index (χ0v) is 8.00. The molecule has 0 radical (unpaired) electrons. The lowest BCUT2D eigenvalue weighted by Crippen LogP contribution is -1.99. The number of nitrogens with zero attached hydrogens (tertiary/aromatic N) is 4. The molecule has 0 saturated carbocycles. The van der Waals surface area contributed by atoms with Crippen molar-refractivity contribution in [3.8, 4) is 0 Å². The molecule has 0 bridgehead atoms. The number of aryl methyl sites for hydroxylation is 1. The summed E-state index contributed by atoms with van der Waals surface area (Å²) in [5.74, 6) is -0.838. The topological polar surface area (TPSA) is 99.0 Å². The van der Waals surface area contributed by atoms with E-state index in [4.69, 9.17) is 10.6 Å². The van der Waals surface area contributed by atoms with Crippen LogP contribution >= 0.6 is 0 Å². The normalized spacial score (nSPS) is 9.33. The molecule has 78 valence electrons. The average molecular weight is 206 g/mol. The molecule has 0 unspecified atom stereocenters. The summed E-state index contributed by atoms with van der Waals surface area (Å²) in [6, 6.07) is 3.52. The maximum Gasteiger partial charge on any atom is 0.303 e. The van der Waals surface area contributed by atoms with Crippen LogP contribution in [-0.2, 0) is 17.8 Å². The Bertz CT molecular complexity index is 382. The molecule has 1 aromatic heterocycles. The molecule has 0 aromatic carbocycles. The number of aromatic nitrogens is 1. The second-order valence-corrected chi connectivity index (χ2v) is 2.94. The van der Waals surface area contributed by atoms with Gasteiger partial charge in [0.25, 0.3) is 0 Å². The summed E-state index contributed by atoms with van der Waals surface area (Å²) in [6.07, 6.45) is 2.08. The van der Waals surface area contributed by atoms with E-state index in [1.807, 2.05) is 0 Å². The summed E-state index contributed by atoms with van der Waals surface area (Å²) >= 11 is 0. The van der Waals surface area contributed by atoms with Gasteiger partial charge in [-0.25, -0.2) is 0 Å². The van der Waals surface area contributed by atoms with E-state index in [2.05, 4.69) is 15.0 Å². The molecular formula is C9H10N4O2. The van der Waals surface area contributed by atoms with E-state index < -0.39 is 5.97 Å². The molecule has 0 aliphatic carbocycles. The van der Waals surface area contributed by atoms with Crippen LogP contribution in [0.4, 0.5) is 0 Å². The van der Waals surface area contributed by atoms with E-state index in [1.54, 1.807) is 18.3 Å². The van der Waals surface area contributed by atoms with E-state index >= 15 is 0 Å². The third-order valence-electron chi connectivity index (χ3n) is 1.80. The van der Waals surface area contributed by atoms with Crippen molar-refractivity contribution in [1.29, 1.82) is 0 Å². The first-order valence-electron chi connectivity index (χ1n) is 4.39. The molecule has 0 atom stereocenters. The van der Waals surface area contributed by atoms with E-state index in [0.29, 0.717) is 6.42 Å². The van der Waals surface area contributed by atoms with Crippen molar-refractivity contribution in [1.82, 2.24) is 4.98 Å². The van der Waals surface area contributed by atoms with E-state index in [9.17, 15) is 4.79 Å². The number of rotatable bonds is 5. The summed E-state index contributed by atoms with van der Waals surface area (Å²) in [7, 11) is 0. The SMILES string of the molecule is [N-]=[N+]=NCc1ccc(CCC(=O)O)nc1. The fraction of sp³-hybridized carbons (Fsp3) is 0.333. The minimum Gasteiger partial charge on any atom is -0.481 e. The molecule has 6 nitrogen and oxygen atoms in total. The van der Waals surface area contributed by atoms with Crippen molar-refractivity contribution in [2.75, 3.05) is 0 Å². The second kappa shape index (κ2) is 5.62. The third kappa shape index (κ3) is 4.10. The summed E-state index contributed by atoms with van der Waals surface area (Å²) in [4.78, 5) is 17.0. The van der Waals surface area contributed by atoms with Crippen LogP contribution in [0, 0.1) is 0 Å². The second-order valence-electron chi connectivity index (χ2n) is 2.94. The Balaban J connectivity index is 2.55. The zero-order valence-electron chi connectivity index (χ0n) is 8.00. The molecule has 15 heavy (non-hydrogen) atoms.